The van der Waals surface area contributed by atoms with Crippen LogP contribution in [0.25, 0.3) is 0 Å². The smallest absolute Gasteiger partial charge is 0.425 e. The summed E-state index contributed by atoms with van der Waals surface area (Å²) in [5.74, 6) is -30.2. The molecule has 1 aromatic heterocycles. The number of rotatable bonds is 10. The van der Waals surface area contributed by atoms with E-state index in [9.17, 15) is 57.5 Å². The standard InChI is InChI=1S/C12H8F12N2O2S3/c13-5(10(18,19)20)9(16,17)12(23,24)11(21,22)8(14,15)3-28-4(27)1-2-30-7-26-25-6(29)31-7/h5H,1-3H2,(H,25,29). The number of H-pyrrole nitrogens is 1. The molecule has 1 heterocycles. The van der Waals surface area contributed by atoms with Crippen LogP contribution in [0.1, 0.15) is 6.42 Å². The van der Waals surface area contributed by atoms with Gasteiger partial charge in [-0.15, -0.1) is 0 Å². The third-order valence-corrected chi connectivity index (χ3v) is 5.48. The maximum Gasteiger partial charge on any atom is 0.425 e. The molecule has 0 fully saturated rings. The molecule has 19 heteroatoms. The van der Waals surface area contributed by atoms with Gasteiger partial charge in [0.2, 0.25) is 0 Å². The SMILES string of the molecule is O=C(CCSc1n[nH]c(=S)s1)OCC(F)(F)C(F)(F)C(F)(F)C(F)(F)C(F)C(F)(F)F. The average molecular weight is 536 g/mol. The number of alkyl halides is 12. The highest BCUT2D eigenvalue weighted by molar-refractivity contribution is 8.01. The fraction of sp³-hybridized carbons (Fsp3) is 0.750. The van der Waals surface area contributed by atoms with E-state index in [-0.39, 0.29) is 14.0 Å². The van der Waals surface area contributed by atoms with Crippen molar-refractivity contribution in [2.75, 3.05) is 12.4 Å². The summed E-state index contributed by atoms with van der Waals surface area (Å²) in [6, 6.07) is 0. The predicted octanol–water partition coefficient (Wildman–Crippen LogP) is 5.67. The molecule has 4 nitrogen and oxygen atoms in total. The Kier molecular flexibility index (Phi) is 8.36. The van der Waals surface area contributed by atoms with Crippen LogP contribution in [0.2, 0.25) is 0 Å². The van der Waals surface area contributed by atoms with Crippen molar-refractivity contribution in [2.24, 2.45) is 0 Å². The van der Waals surface area contributed by atoms with Gasteiger partial charge in [0, 0.05) is 5.75 Å². The van der Waals surface area contributed by atoms with Crippen molar-refractivity contribution in [2.45, 2.75) is 46.8 Å². The first-order valence-corrected chi connectivity index (χ1v) is 9.54. The number of nitrogens with zero attached hydrogens (tertiary/aromatic N) is 1. The van der Waals surface area contributed by atoms with E-state index in [1.54, 1.807) is 0 Å². The number of nitrogens with one attached hydrogen (secondary N) is 1. The van der Waals surface area contributed by atoms with Crippen LogP contribution in [0.3, 0.4) is 0 Å². The second-order valence-corrected chi connectivity index (χ2v) is 8.53. The summed E-state index contributed by atoms with van der Waals surface area (Å²) in [7, 11) is 0. The highest BCUT2D eigenvalue weighted by Crippen LogP contribution is 2.55. The number of aromatic nitrogens is 2. The van der Waals surface area contributed by atoms with Gasteiger partial charge in [-0.1, -0.05) is 23.1 Å². The van der Waals surface area contributed by atoms with E-state index in [0.717, 1.165) is 23.1 Å². The molecule has 31 heavy (non-hydrogen) atoms. The van der Waals surface area contributed by atoms with Gasteiger partial charge >= 0.3 is 35.8 Å². The van der Waals surface area contributed by atoms with Crippen LogP contribution in [0.5, 0.6) is 0 Å². The zero-order chi connectivity index (χ0) is 24.5. The Hall–Kier alpha value is -1.24. The van der Waals surface area contributed by atoms with Gasteiger partial charge in [-0.3, -0.25) is 9.89 Å². The normalized spacial score (nSPS) is 15.1. The monoisotopic (exact) mass is 536 g/mol. The second kappa shape index (κ2) is 9.32. The van der Waals surface area contributed by atoms with E-state index in [1.165, 1.54) is 0 Å². The Labute approximate surface area is 177 Å². The number of carbonyl (C=O) groups is 1. The van der Waals surface area contributed by atoms with E-state index < -0.39 is 55.0 Å². The Balaban J connectivity index is 2.82. The van der Waals surface area contributed by atoms with Crippen LogP contribution in [0, 0.1) is 3.95 Å². The number of aromatic amines is 1. The highest BCUT2D eigenvalue weighted by atomic mass is 32.2. The molecule has 1 N–H and O–H groups in total. The van der Waals surface area contributed by atoms with Crippen molar-refractivity contribution in [3.05, 3.63) is 3.95 Å². The fourth-order valence-electron chi connectivity index (χ4n) is 1.64. The number of esters is 1. The van der Waals surface area contributed by atoms with Crippen LogP contribution in [-0.2, 0) is 9.53 Å². The lowest BCUT2D eigenvalue weighted by Crippen LogP contribution is -2.67. The molecule has 0 aliphatic heterocycles. The molecular weight excluding hydrogens is 528 g/mol. The summed E-state index contributed by atoms with van der Waals surface area (Å²) in [6.45, 7) is -2.89. The van der Waals surface area contributed by atoms with Crippen molar-refractivity contribution < 1.29 is 62.2 Å². The summed E-state index contributed by atoms with van der Waals surface area (Å²) in [5.41, 5.74) is 0. The number of hydrogen-bond donors (Lipinski definition) is 1. The van der Waals surface area contributed by atoms with E-state index >= 15 is 0 Å². The van der Waals surface area contributed by atoms with Crippen LogP contribution in [0.15, 0.2) is 4.34 Å². The molecule has 0 aliphatic carbocycles. The quantitative estimate of drug-likeness (QED) is 0.181. The fourth-order valence-corrected chi connectivity index (χ4v) is 3.71. The van der Waals surface area contributed by atoms with Gasteiger partial charge in [-0.05, 0) is 12.2 Å². The topological polar surface area (TPSA) is 55.0 Å². The molecule has 180 valence electrons. The minimum atomic E-state index is -7.51. The number of hydrogen-bond acceptors (Lipinski definition) is 6. The summed E-state index contributed by atoms with van der Waals surface area (Å²) < 4.78 is 159. The van der Waals surface area contributed by atoms with Crippen LogP contribution in [0.4, 0.5) is 52.7 Å². The van der Waals surface area contributed by atoms with Crippen molar-refractivity contribution in [1.82, 2.24) is 10.2 Å². The zero-order valence-electron chi connectivity index (χ0n) is 14.2. The molecule has 0 saturated carbocycles. The number of carbonyl (C=O) groups excluding carboxylic acids is 1. The van der Waals surface area contributed by atoms with Crippen molar-refractivity contribution in [1.29, 1.82) is 0 Å². The van der Waals surface area contributed by atoms with E-state index in [1.807, 2.05) is 0 Å². The molecule has 1 aromatic rings. The van der Waals surface area contributed by atoms with Gasteiger partial charge in [0.1, 0.15) is 0 Å². The largest absolute Gasteiger partial charge is 0.459 e. The van der Waals surface area contributed by atoms with Crippen molar-refractivity contribution in [3.8, 4) is 0 Å². The van der Waals surface area contributed by atoms with E-state index in [4.69, 9.17) is 0 Å². The lowest BCUT2D eigenvalue weighted by molar-refractivity contribution is -0.395. The Bertz CT molecular complexity index is 822. The van der Waals surface area contributed by atoms with Crippen LogP contribution < -0.4 is 0 Å². The van der Waals surface area contributed by atoms with Gasteiger partial charge in [-0.25, -0.2) is 4.39 Å². The first-order valence-electron chi connectivity index (χ1n) is 7.33. The zero-order valence-corrected chi connectivity index (χ0v) is 16.7. The van der Waals surface area contributed by atoms with Gasteiger partial charge in [-0.2, -0.15) is 53.4 Å². The Morgan fingerprint density at radius 2 is 1.61 bits per heavy atom. The summed E-state index contributed by atoms with van der Waals surface area (Å²) in [5, 5.41) is 5.97. The molecule has 1 unspecified atom stereocenters. The molecule has 0 radical (unpaired) electrons. The molecule has 0 saturated heterocycles. The first-order chi connectivity index (χ1) is 13.8. The molecule has 1 atom stereocenters. The minimum absolute atomic E-state index is 0.236. The second-order valence-electron chi connectivity index (χ2n) is 5.52. The van der Waals surface area contributed by atoms with Crippen molar-refractivity contribution in [3.63, 3.8) is 0 Å². The molecule has 0 amide bonds. The molecular formula is C12H8F12N2O2S3. The average Bonchev–Trinajstić information content (AvgIpc) is 3.03. The minimum Gasteiger partial charge on any atom is -0.459 e. The first kappa shape index (κ1) is 27.8. The van der Waals surface area contributed by atoms with Gasteiger partial charge in [0.15, 0.2) is 14.9 Å². The number of ether oxygens (including phenoxy) is 1. The maximum atomic E-state index is 13.5. The third-order valence-electron chi connectivity index (χ3n) is 3.24. The summed E-state index contributed by atoms with van der Waals surface area (Å²) in [6.07, 6.45) is -13.4. The van der Waals surface area contributed by atoms with Gasteiger partial charge in [0.05, 0.1) is 6.42 Å². The maximum absolute atomic E-state index is 13.5. The van der Waals surface area contributed by atoms with Crippen molar-refractivity contribution >= 4 is 41.3 Å². The van der Waals surface area contributed by atoms with Gasteiger partial charge < -0.3 is 4.74 Å². The molecule has 0 aromatic carbocycles. The van der Waals surface area contributed by atoms with Gasteiger partial charge in [0.25, 0.3) is 6.17 Å². The Morgan fingerprint density at radius 1 is 1.06 bits per heavy atom. The number of thioether (sulfide) groups is 1. The third kappa shape index (κ3) is 5.96. The highest BCUT2D eigenvalue weighted by Gasteiger charge is 2.84. The molecule has 0 aliphatic rings. The van der Waals surface area contributed by atoms with Crippen LogP contribution in [-0.4, -0.2) is 64.6 Å². The van der Waals surface area contributed by atoms with E-state index in [2.05, 4.69) is 27.2 Å². The summed E-state index contributed by atoms with van der Waals surface area (Å²) in [4.78, 5) is 11.3. The predicted molar refractivity (Wildman–Crippen MR) is 84.3 cm³/mol. The lowest BCUT2D eigenvalue weighted by atomic mass is 9.95. The molecule has 0 bridgehead atoms. The van der Waals surface area contributed by atoms with Crippen LogP contribution >= 0.6 is 35.3 Å². The lowest BCUT2D eigenvalue weighted by Gasteiger charge is -2.37. The Morgan fingerprint density at radius 3 is 2.06 bits per heavy atom. The van der Waals surface area contributed by atoms with E-state index in [0.29, 0.717) is 0 Å². The molecule has 1 rings (SSSR count). The number of halogens is 12. The molecule has 0 spiro atoms. The summed E-state index contributed by atoms with van der Waals surface area (Å²) >= 11 is 6.46.